The summed E-state index contributed by atoms with van der Waals surface area (Å²) < 4.78 is 56.0. The molecule has 4 nitrogen and oxygen atoms in total. The number of alkyl halides is 3. The summed E-state index contributed by atoms with van der Waals surface area (Å²) in [5.74, 6) is -2.18. The van der Waals surface area contributed by atoms with Crippen LogP contribution < -0.4 is 5.32 Å². The fourth-order valence-electron chi connectivity index (χ4n) is 2.14. The maximum Gasteiger partial charge on any atom is 0.416 e. The first-order chi connectivity index (χ1) is 12.6. The molecule has 2 aromatic carbocycles. The molecule has 2 rings (SSSR count). The van der Waals surface area contributed by atoms with Crippen LogP contribution in [0.4, 0.5) is 23.2 Å². The zero-order valence-electron chi connectivity index (χ0n) is 13.9. The van der Waals surface area contributed by atoms with Gasteiger partial charge in [-0.1, -0.05) is 29.8 Å². The van der Waals surface area contributed by atoms with E-state index >= 15 is 0 Å². The Bertz CT molecular complexity index is 855. The molecule has 0 saturated heterocycles. The Morgan fingerprint density at radius 1 is 1.19 bits per heavy atom. The van der Waals surface area contributed by atoms with Crippen molar-refractivity contribution in [3.05, 3.63) is 64.4 Å². The van der Waals surface area contributed by atoms with Crippen molar-refractivity contribution in [3.8, 4) is 0 Å². The van der Waals surface area contributed by atoms with Gasteiger partial charge in [0.25, 0.3) is 5.91 Å². The molecule has 0 saturated carbocycles. The van der Waals surface area contributed by atoms with Crippen LogP contribution in [0.15, 0.2) is 42.5 Å². The predicted octanol–water partition coefficient (Wildman–Crippen LogP) is 4.61. The molecule has 1 atom stereocenters. The summed E-state index contributed by atoms with van der Waals surface area (Å²) in [5, 5.41) is 2.34. The van der Waals surface area contributed by atoms with Gasteiger partial charge in [-0.15, -0.1) is 0 Å². The van der Waals surface area contributed by atoms with Crippen molar-refractivity contribution < 1.29 is 31.9 Å². The van der Waals surface area contributed by atoms with Crippen LogP contribution in [0.3, 0.4) is 0 Å². The Labute approximate surface area is 157 Å². The summed E-state index contributed by atoms with van der Waals surface area (Å²) in [6, 6.07) is 7.58. The minimum Gasteiger partial charge on any atom is -0.452 e. The minimum atomic E-state index is -4.53. The molecule has 27 heavy (non-hydrogen) atoms. The molecule has 0 bridgehead atoms. The third-order valence-electron chi connectivity index (χ3n) is 3.47. The van der Waals surface area contributed by atoms with E-state index in [9.17, 15) is 27.2 Å². The zero-order valence-corrected chi connectivity index (χ0v) is 14.7. The van der Waals surface area contributed by atoms with E-state index in [1.807, 2.05) is 0 Å². The van der Waals surface area contributed by atoms with Crippen molar-refractivity contribution in [2.75, 3.05) is 5.32 Å². The summed E-state index contributed by atoms with van der Waals surface area (Å²) in [4.78, 5) is 23.9. The van der Waals surface area contributed by atoms with E-state index in [0.29, 0.717) is 0 Å². The van der Waals surface area contributed by atoms with Gasteiger partial charge in [0.15, 0.2) is 6.10 Å². The van der Waals surface area contributed by atoms with Gasteiger partial charge >= 0.3 is 12.1 Å². The first-order valence-electron chi connectivity index (χ1n) is 7.68. The molecule has 1 amide bonds. The molecule has 0 aliphatic carbocycles. The second kappa shape index (κ2) is 8.39. The fourth-order valence-corrected chi connectivity index (χ4v) is 2.36. The number of anilines is 1. The lowest BCUT2D eigenvalue weighted by atomic mass is 10.1. The second-order valence-electron chi connectivity index (χ2n) is 5.62. The number of hydrogen-bond acceptors (Lipinski definition) is 3. The maximum atomic E-state index is 13.0. The van der Waals surface area contributed by atoms with Crippen LogP contribution in [0, 0.1) is 5.82 Å². The molecule has 144 valence electrons. The number of rotatable bonds is 5. The van der Waals surface area contributed by atoms with E-state index in [2.05, 4.69) is 5.32 Å². The van der Waals surface area contributed by atoms with Crippen LogP contribution in [-0.2, 0) is 26.9 Å². The van der Waals surface area contributed by atoms with Crippen molar-refractivity contribution in [2.24, 2.45) is 0 Å². The summed E-state index contributed by atoms with van der Waals surface area (Å²) in [6.07, 6.45) is -6.19. The van der Waals surface area contributed by atoms with Gasteiger partial charge in [0.1, 0.15) is 5.82 Å². The van der Waals surface area contributed by atoms with Gasteiger partial charge in [-0.05, 0) is 36.8 Å². The number of esters is 1. The molecule has 0 fully saturated rings. The second-order valence-corrected chi connectivity index (χ2v) is 6.03. The SMILES string of the molecule is C[C@H](OC(=O)Cc1cccc(C(F)(F)F)c1)C(=O)Nc1ccc(F)cc1Cl. The first-order valence-corrected chi connectivity index (χ1v) is 8.05. The van der Waals surface area contributed by atoms with Crippen molar-refractivity contribution >= 4 is 29.2 Å². The van der Waals surface area contributed by atoms with E-state index in [0.717, 1.165) is 24.3 Å². The van der Waals surface area contributed by atoms with E-state index in [1.54, 1.807) is 0 Å². The summed E-state index contributed by atoms with van der Waals surface area (Å²) in [6.45, 7) is 1.29. The molecular formula is C18H14ClF4NO3. The molecule has 0 unspecified atom stereocenters. The summed E-state index contributed by atoms with van der Waals surface area (Å²) in [7, 11) is 0. The number of carbonyl (C=O) groups is 2. The topological polar surface area (TPSA) is 55.4 Å². The molecule has 0 aromatic heterocycles. The third kappa shape index (κ3) is 5.96. The van der Waals surface area contributed by atoms with Crippen molar-refractivity contribution in [1.82, 2.24) is 0 Å². The number of hydrogen-bond donors (Lipinski definition) is 1. The Morgan fingerprint density at radius 2 is 1.89 bits per heavy atom. The number of halogens is 5. The maximum absolute atomic E-state index is 13.0. The number of benzene rings is 2. The lowest BCUT2D eigenvalue weighted by Gasteiger charge is -2.14. The van der Waals surface area contributed by atoms with Crippen molar-refractivity contribution in [2.45, 2.75) is 25.6 Å². The van der Waals surface area contributed by atoms with Crippen LogP contribution in [0.25, 0.3) is 0 Å². The Kier molecular flexibility index (Phi) is 6.43. The van der Waals surface area contributed by atoms with Crippen LogP contribution in [0.1, 0.15) is 18.1 Å². The predicted molar refractivity (Wildman–Crippen MR) is 90.7 cm³/mol. The average Bonchev–Trinajstić information content (AvgIpc) is 2.56. The number of amides is 1. The Balaban J connectivity index is 1.96. The van der Waals surface area contributed by atoms with Gasteiger partial charge in [0, 0.05) is 0 Å². The Morgan fingerprint density at radius 3 is 2.52 bits per heavy atom. The third-order valence-corrected chi connectivity index (χ3v) is 3.78. The molecule has 2 aromatic rings. The highest BCUT2D eigenvalue weighted by atomic mass is 35.5. The normalized spacial score (nSPS) is 12.4. The lowest BCUT2D eigenvalue weighted by Crippen LogP contribution is -2.30. The minimum absolute atomic E-state index is 0.0363. The standard InChI is InChI=1S/C18H14ClF4NO3/c1-10(17(26)24-15-6-5-13(20)9-14(15)19)27-16(25)8-11-3-2-4-12(7-11)18(21,22)23/h2-7,9-10H,8H2,1H3,(H,24,26)/t10-/m0/s1. The van der Waals surface area contributed by atoms with E-state index in [-0.39, 0.29) is 16.3 Å². The number of nitrogens with one attached hydrogen (secondary N) is 1. The zero-order chi connectivity index (χ0) is 20.2. The van der Waals surface area contributed by atoms with Gasteiger partial charge in [-0.25, -0.2) is 4.39 Å². The summed E-state index contributed by atoms with van der Waals surface area (Å²) >= 11 is 5.79. The summed E-state index contributed by atoms with van der Waals surface area (Å²) in [5.41, 5.74) is -0.655. The highest BCUT2D eigenvalue weighted by Crippen LogP contribution is 2.29. The van der Waals surface area contributed by atoms with Crippen molar-refractivity contribution in [3.63, 3.8) is 0 Å². The molecule has 9 heteroatoms. The monoisotopic (exact) mass is 403 g/mol. The van der Waals surface area contributed by atoms with Gasteiger partial charge in [-0.3, -0.25) is 9.59 Å². The van der Waals surface area contributed by atoms with Gasteiger partial charge in [0.2, 0.25) is 0 Å². The molecule has 0 heterocycles. The molecule has 0 radical (unpaired) electrons. The fraction of sp³-hybridized carbons (Fsp3) is 0.222. The Hall–Kier alpha value is -2.61. The number of ether oxygens (including phenoxy) is 1. The van der Waals surface area contributed by atoms with Gasteiger partial charge in [0.05, 0.1) is 22.7 Å². The van der Waals surface area contributed by atoms with Crippen molar-refractivity contribution in [1.29, 1.82) is 0 Å². The average molecular weight is 404 g/mol. The van der Waals surface area contributed by atoms with Gasteiger partial charge < -0.3 is 10.1 Å². The van der Waals surface area contributed by atoms with Crippen LogP contribution in [0.2, 0.25) is 5.02 Å². The molecule has 0 aliphatic rings. The van der Waals surface area contributed by atoms with Crippen LogP contribution >= 0.6 is 11.6 Å². The van der Waals surface area contributed by atoms with Gasteiger partial charge in [-0.2, -0.15) is 13.2 Å². The smallest absolute Gasteiger partial charge is 0.416 e. The quantitative estimate of drug-likeness (QED) is 0.586. The highest BCUT2D eigenvalue weighted by Gasteiger charge is 2.30. The van der Waals surface area contributed by atoms with Crippen LogP contribution in [0.5, 0.6) is 0 Å². The van der Waals surface area contributed by atoms with E-state index < -0.39 is 42.0 Å². The van der Waals surface area contributed by atoms with E-state index in [4.69, 9.17) is 16.3 Å². The number of carbonyl (C=O) groups excluding carboxylic acids is 2. The molecule has 0 spiro atoms. The van der Waals surface area contributed by atoms with Crippen LogP contribution in [-0.4, -0.2) is 18.0 Å². The molecule has 0 aliphatic heterocycles. The van der Waals surface area contributed by atoms with E-state index in [1.165, 1.54) is 25.1 Å². The first kappa shape index (κ1) is 20.7. The lowest BCUT2D eigenvalue weighted by molar-refractivity contribution is -0.152. The molecular weight excluding hydrogens is 390 g/mol. The molecule has 1 N–H and O–H groups in total. The largest absolute Gasteiger partial charge is 0.452 e. The highest BCUT2D eigenvalue weighted by molar-refractivity contribution is 6.33.